The highest BCUT2D eigenvalue weighted by atomic mass is 16.5. The van der Waals surface area contributed by atoms with Crippen molar-refractivity contribution in [1.82, 2.24) is 10.6 Å². The van der Waals surface area contributed by atoms with E-state index in [0.717, 1.165) is 22.3 Å². The second kappa shape index (κ2) is 10.3. The van der Waals surface area contributed by atoms with Gasteiger partial charge in [-0.25, -0.2) is 9.59 Å². The lowest BCUT2D eigenvalue weighted by Gasteiger charge is -2.22. The summed E-state index contributed by atoms with van der Waals surface area (Å²) in [4.78, 5) is 36.1. The number of rotatable bonds is 9. The van der Waals surface area contributed by atoms with Gasteiger partial charge in [0.2, 0.25) is 5.91 Å². The number of amides is 2. The van der Waals surface area contributed by atoms with Crippen LogP contribution in [0.1, 0.15) is 37.3 Å². The summed E-state index contributed by atoms with van der Waals surface area (Å²) in [6.07, 6.45) is -0.475. The number of benzene rings is 2. The molecule has 0 radical (unpaired) electrons. The van der Waals surface area contributed by atoms with Crippen LogP contribution in [0.2, 0.25) is 0 Å². The Kier molecular flexibility index (Phi) is 7.48. The van der Waals surface area contributed by atoms with E-state index < -0.39 is 36.7 Å². The van der Waals surface area contributed by atoms with Gasteiger partial charge in [-0.2, -0.15) is 0 Å². The molecule has 2 aromatic carbocycles. The maximum Gasteiger partial charge on any atom is 0.407 e. The van der Waals surface area contributed by atoms with E-state index >= 15 is 0 Å². The van der Waals surface area contributed by atoms with E-state index in [1.807, 2.05) is 62.4 Å². The number of aliphatic hydroxyl groups is 1. The first-order chi connectivity index (χ1) is 15.3. The highest BCUT2D eigenvalue weighted by molar-refractivity contribution is 5.89. The van der Waals surface area contributed by atoms with Crippen molar-refractivity contribution in [3.05, 3.63) is 59.7 Å². The van der Waals surface area contributed by atoms with E-state index in [2.05, 4.69) is 10.6 Å². The summed E-state index contributed by atoms with van der Waals surface area (Å²) < 4.78 is 5.48. The smallest absolute Gasteiger partial charge is 0.407 e. The Labute approximate surface area is 186 Å². The minimum absolute atomic E-state index is 0.0528. The number of carbonyl (C=O) groups is 3. The molecule has 0 saturated carbocycles. The molecule has 2 amide bonds. The Morgan fingerprint density at radius 3 is 2.00 bits per heavy atom. The monoisotopic (exact) mass is 440 g/mol. The molecule has 0 heterocycles. The minimum atomic E-state index is -1.44. The van der Waals surface area contributed by atoms with E-state index in [1.54, 1.807) is 0 Å². The summed E-state index contributed by atoms with van der Waals surface area (Å²) in [6.45, 7) is 3.10. The minimum Gasteiger partial charge on any atom is -0.480 e. The molecule has 8 heteroatoms. The van der Waals surface area contributed by atoms with Crippen LogP contribution in [0.15, 0.2) is 48.5 Å². The van der Waals surface area contributed by atoms with Crippen LogP contribution in [0.3, 0.4) is 0 Å². The number of carboxylic acid groups (broad SMARTS) is 1. The molecule has 0 aromatic heterocycles. The fourth-order valence-corrected chi connectivity index (χ4v) is 3.94. The predicted octanol–water partition coefficient (Wildman–Crippen LogP) is 2.50. The van der Waals surface area contributed by atoms with E-state index in [9.17, 15) is 14.4 Å². The molecule has 1 aliphatic carbocycles. The average Bonchev–Trinajstić information content (AvgIpc) is 3.08. The Balaban J connectivity index is 1.67. The van der Waals surface area contributed by atoms with Crippen LogP contribution < -0.4 is 10.6 Å². The molecular weight excluding hydrogens is 412 g/mol. The molecule has 2 aromatic rings. The Hall–Kier alpha value is -3.39. The maximum absolute atomic E-state index is 12.5. The van der Waals surface area contributed by atoms with Gasteiger partial charge in [0, 0.05) is 5.92 Å². The number of hydrogen-bond donors (Lipinski definition) is 4. The number of aliphatic hydroxyl groups excluding tert-OH is 1. The molecule has 0 saturated heterocycles. The van der Waals surface area contributed by atoms with Crippen LogP contribution in [-0.4, -0.2) is 53.5 Å². The third kappa shape index (κ3) is 5.26. The lowest BCUT2D eigenvalue weighted by Crippen LogP contribution is -2.53. The maximum atomic E-state index is 12.5. The third-order valence-corrected chi connectivity index (χ3v) is 5.46. The number of carboxylic acids is 1. The van der Waals surface area contributed by atoms with Gasteiger partial charge in [0.1, 0.15) is 18.7 Å². The second-order valence-corrected chi connectivity index (χ2v) is 8.23. The van der Waals surface area contributed by atoms with Crippen LogP contribution in [0, 0.1) is 5.92 Å². The molecule has 3 rings (SSSR count). The normalized spacial score (nSPS) is 14.2. The molecule has 1 aliphatic rings. The van der Waals surface area contributed by atoms with Gasteiger partial charge in [0.25, 0.3) is 0 Å². The fraction of sp³-hybridized carbons (Fsp3) is 0.375. The topological polar surface area (TPSA) is 125 Å². The zero-order valence-electron chi connectivity index (χ0n) is 18.1. The van der Waals surface area contributed by atoms with Gasteiger partial charge in [0.05, 0.1) is 6.61 Å². The quantitative estimate of drug-likeness (QED) is 0.475. The van der Waals surface area contributed by atoms with E-state index in [-0.39, 0.29) is 24.9 Å². The van der Waals surface area contributed by atoms with E-state index in [1.165, 1.54) is 0 Å². The largest absolute Gasteiger partial charge is 0.480 e. The number of ether oxygens (including phenoxy) is 1. The molecule has 8 nitrogen and oxygen atoms in total. The highest BCUT2D eigenvalue weighted by Crippen LogP contribution is 2.44. The van der Waals surface area contributed by atoms with Gasteiger partial charge in [-0.1, -0.05) is 62.4 Å². The van der Waals surface area contributed by atoms with Gasteiger partial charge < -0.3 is 25.6 Å². The average molecular weight is 440 g/mol. The van der Waals surface area contributed by atoms with Gasteiger partial charge in [0.15, 0.2) is 0 Å². The number of nitrogens with one attached hydrogen (secondary N) is 2. The van der Waals surface area contributed by atoms with E-state index in [4.69, 9.17) is 14.9 Å². The van der Waals surface area contributed by atoms with Crippen LogP contribution >= 0.6 is 0 Å². The summed E-state index contributed by atoms with van der Waals surface area (Å²) in [5, 5.41) is 23.0. The zero-order valence-corrected chi connectivity index (χ0v) is 18.1. The Morgan fingerprint density at radius 2 is 1.50 bits per heavy atom. The summed E-state index contributed by atoms with van der Waals surface area (Å²) in [6, 6.07) is 13.5. The molecule has 32 heavy (non-hydrogen) atoms. The Morgan fingerprint density at radius 1 is 0.938 bits per heavy atom. The number of alkyl carbamates (subject to hydrolysis) is 1. The van der Waals surface area contributed by atoms with Gasteiger partial charge in [-0.05, 0) is 34.6 Å². The van der Waals surface area contributed by atoms with Crippen LogP contribution in [-0.2, 0) is 14.3 Å². The second-order valence-electron chi connectivity index (χ2n) is 8.23. The van der Waals surface area contributed by atoms with Crippen molar-refractivity contribution in [2.45, 2.75) is 38.3 Å². The van der Waals surface area contributed by atoms with Gasteiger partial charge >= 0.3 is 12.1 Å². The highest BCUT2D eigenvalue weighted by Gasteiger charge is 2.30. The van der Waals surface area contributed by atoms with Gasteiger partial charge in [-0.15, -0.1) is 0 Å². The number of aliphatic carboxylic acids is 1. The molecule has 2 atom stereocenters. The number of fused-ring (bicyclic) bond motifs is 3. The molecule has 0 fully saturated rings. The summed E-state index contributed by atoms with van der Waals surface area (Å²) in [7, 11) is 0. The molecule has 0 bridgehead atoms. The third-order valence-electron chi connectivity index (χ3n) is 5.46. The fourth-order valence-electron chi connectivity index (χ4n) is 3.94. The number of carbonyl (C=O) groups excluding carboxylic acids is 2. The SMILES string of the molecule is CC(C)CC(NC(=O)OCC1c2ccccc2-c2ccccc21)C(=O)N[C@@H](CO)C(=O)O. The Bertz CT molecular complexity index is 944. The van der Waals surface area contributed by atoms with Gasteiger partial charge in [-0.3, -0.25) is 4.79 Å². The van der Waals surface area contributed by atoms with Crippen molar-refractivity contribution in [2.24, 2.45) is 5.92 Å². The van der Waals surface area contributed by atoms with Crippen molar-refractivity contribution in [3.63, 3.8) is 0 Å². The van der Waals surface area contributed by atoms with Crippen molar-refractivity contribution >= 4 is 18.0 Å². The van der Waals surface area contributed by atoms with Crippen molar-refractivity contribution in [1.29, 1.82) is 0 Å². The first-order valence-corrected chi connectivity index (χ1v) is 10.6. The molecule has 4 N–H and O–H groups in total. The molecular formula is C24H28N2O6. The zero-order chi connectivity index (χ0) is 23.3. The van der Waals surface area contributed by atoms with Crippen molar-refractivity contribution in [3.8, 4) is 11.1 Å². The lowest BCUT2D eigenvalue weighted by molar-refractivity contribution is -0.143. The summed E-state index contributed by atoms with van der Waals surface area (Å²) in [5.41, 5.74) is 4.37. The standard InChI is InChI=1S/C24H28N2O6/c1-14(2)11-20(22(28)25-21(12-27)23(29)30)26-24(31)32-13-19-17-9-5-3-7-15(17)16-8-4-6-10-18(16)19/h3-10,14,19-21,27H,11-13H2,1-2H3,(H,25,28)(H,26,31)(H,29,30)/t20?,21-/m0/s1. The molecule has 0 spiro atoms. The molecule has 1 unspecified atom stereocenters. The van der Waals surface area contributed by atoms with Crippen LogP contribution in [0.5, 0.6) is 0 Å². The van der Waals surface area contributed by atoms with Crippen LogP contribution in [0.25, 0.3) is 11.1 Å². The van der Waals surface area contributed by atoms with Crippen LogP contribution in [0.4, 0.5) is 4.79 Å². The predicted molar refractivity (Wildman–Crippen MR) is 118 cm³/mol. The molecule has 0 aliphatic heterocycles. The van der Waals surface area contributed by atoms with Crippen molar-refractivity contribution < 1.29 is 29.3 Å². The first kappa shape index (κ1) is 23.3. The lowest BCUT2D eigenvalue weighted by atomic mass is 9.98. The van der Waals surface area contributed by atoms with E-state index in [0.29, 0.717) is 0 Å². The first-order valence-electron chi connectivity index (χ1n) is 10.6. The summed E-state index contributed by atoms with van der Waals surface area (Å²) in [5.74, 6) is -2.10. The van der Waals surface area contributed by atoms with Crippen molar-refractivity contribution in [2.75, 3.05) is 13.2 Å². The number of hydrogen-bond acceptors (Lipinski definition) is 5. The molecule has 170 valence electrons. The summed E-state index contributed by atoms with van der Waals surface area (Å²) >= 11 is 0.